The zero-order valence-electron chi connectivity index (χ0n) is 22.3. The van der Waals surface area contributed by atoms with Crippen LogP contribution in [0.5, 0.6) is 0 Å². The molecule has 0 saturated carbocycles. The monoisotopic (exact) mass is 569 g/mol. The molecule has 5 aromatic rings. The molecule has 0 aliphatic carbocycles. The van der Waals surface area contributed by atoms with E-state index in [9.17, 15) is 13.6 Å². The standard InChI is InChI=1S/C30H25F2N7O3/c1-30(28(40)35-22-3-2-13-33-15-22)16-41-27(42-17-30)26-38-24(18-4-6-19(31)7-5-18)25(39-26)23-12-14-34-29(37-23)36-21-10-8-20(32)9-11-21/h2-15,27H,16-17H2,1H3,(H,35,40)(H,38,39)(H,34,36,37). The average molecular weight is 570 g/mol. The minimum atomic E-state index is -0.949. The predicted octanol–water partition coefficient (Wildman–Crippen LogP) is 5.64. The first-order chi connectivity index (χ1) is 20.4. The quantitative estimate of drug-likeness (QED) is 0.230. The molecule has 0 unspecified atom stereocenters. The van der Waals surface area contributed by atoms with Gasteiger partial charge in [-0.25, -0.2) is 23.7 Å². The van der Waals surface area contributed by atoms with Crippen LogP contribution in [0.4, 0.5) is 26.1 Å². The smallest absolute Gasteiger partial charge is 0.235 e. The lowest BCUT2D eigenvalue weighted by Gasteiger charge is -2.35. The molecule has 0 atom stereocenters. The molecule has 1 fully saturated rings. The number of benzene rings is 2. The van der Waals surface area contributed by atoms with Crippen molar-refractivity contribution >= 4 is 23.2 Å². The summed E-state index contributed by atoms with van der Waals surface area (Å²) in [5, 5.41) is 5.89. The number of carbonyl (C=O) groups is 1. The molecule has 1 amide bonds. The molecule has 10 nitrogen and oxygen atoms in total. The number of nitrogens with zero attached hydrogens (tertiary/aromatic N) is 4. The number of aromatic nitrogens is 5. The normalized spacial score (nSPS) is 18.4. The first-order valence-electron chi connectivity index (χ1n) is 13.0. The molecule has 1 saturated heterocycles. The fourth-order valence-corrected chi connectivity index (χ4v) is 4.34. The van der Waals surface area contributed by atoms with Crippen molar-refractivity contribution < 1.29 is 23.0 Å². The summed E-state index contributed by atoms with van der Waals surface area (Å²) in [7, 11) is 0. The molecule has 2 aromatic carbocycles. The lowest BCUT2D eigenvalue weighted by molar-refractivity contribution is -0.229. The van der Waals surface area contributed by atoms with E-state index < -0.39 is 11.7 Å². The number of H-pyrrole nitrogens is 1. The van der Waals surface area contributed by atoms with Gasteiger partial charge in [-0.05, 0) is 73.7 Å². The van der Waals surface area contributed by atoms with Crippen LogP contribution in [0.15, 0.2) is 85.3 Å². The topological polar surface area (TPSA) is 127 Å². The van der Waals surface area contributed by atoms with E-state index in [1.807, 2.05) is 0 Å². The summed E-state index contributed by atoms with van der Waals surface area (Å²) in [5.74, 6) is -0.368. The van der Waals surface area contributed by atoms with Crippen LogP contribution in [0.2, 0.25) is 0 Å². The number of halogens is 2. The molecule has 12 heteroatoms. The maximum absolute atomic E-state index is 13.7. The third-order valence-electron chi connectivity index (χ3n) is 6.65. The van der Waals surface area contributed by atoms with E-state index >= 15 is 0 Å². The highest BCUT2D eigenvalue weighted by Crippen LogP contribution is 2.36. The summed E-state index contributed by atoms with van der Waals surface area (Å²) >= 11 is 0. The Morgan fingerprint density at radius 3 is 2.33 bits per heavy atom. The van der Waals surface area contributed by atoms with E-state index in [-0.39, 0.29) is 36.7 Å². The third-order valence-corrected chi connectivity index (χ3v) is 6.65. The van der Waals surface area contributed by atoms with Crippen molar-refractivity contribution in [1.82, 2.24) is 24.9 Å². The van der Waals surface area contributed by atoms with Crippen molar-refractivity contribution in [2.75, 3.05) is 23.8 Å². The number of amides is 1. The lowest BCUT2D eigenvalue weighted by atomic mass is 9.91. The minimum Gasteiger partial charge on any atom is -0.345 e. The van der Waals surface area contributed by atoms with Gasteiger partial charge in [-0.1, -0.05) is 0 Å². The number of pyridine rings is 1. The van der Waals surface area contributed by atoms with E-state index in [2.05, 4.69) is 30.6 Å². The highest BCUT2D eigenvalue weighted by atomic mass is 19.1. The van der Waals surface area contributed by atoms with Crippen LogP contribution in [-0.2, 0) is 14.3 Å². The van der Waals surface area contributed by atoms with Crippen LogP contribution >= 0.6 is 0 Å². The maximum atomic E-state index is 13.7. The zero-order chi connectivity index (χ0) is 29.1. The van der Waals surface area contributed by atoms with E-state index in [1.165, 1.54) is 24.3 Å². The van der Waals surface area contributed by atoms with Crippen molar-refractivity contribution in [3.63, 3.8) is 0 Å². The SMILES string of the molecule is CC1(C(=O)Nc2cccnc2)COC(c2nc(-c3ccc(F)cc3)c(-c3ccnc(Nc4ccc(F)cc4)n3)[nH]2)OC1. The molecule has 3 N–H and O–H groups in total. The Morgan fingerprint density at radius 1 is 0.929 bits per heavy atom. The minimum absolute atomic E-state index is 0.0743. The first-order valence-corrected chi connectivity index (χ1v) is 13.0. The second-order valence-electron chi connectivity index (χ2n) is 9.96. The van der Waals surface area contributed by atoms with Gasteiger partial charge in [0, 0.05) is 23.6 Å². The van der Waals surface area contributed by atoms with Gasteiger partial charge in [-0.2, -0.15) is 0 Å². The fourth-order valence-electron chi connectivity index (χ4n) is 4.34. The molecule has 1 aliphatic rings. The van der Waals surface area contributed by atoms with Crippen LogP contribution in [0.25, 0.3) is 22.6 Å². The largest absolute Gasteiger partial charge is 0.345 e. The van der Waals surface area contributed by atoms with E-state index in [0.29, 0.717) is 39.8 Å². The van der Waals surface area contributed by atoms with E-state index in [4.69, 9.17) is 14.5 Å². The molecule has 6 rings (SSSR count). The molecule has 4 heterocycles. The molecule has 0 bridgehead atoms. The Hall–Kier alpha value is -5.07. The highest BCUT2D eigenvalue weighted by Gasteiger charge is 2.41. The number of imidazole rings is 1. The van der Waals surface area contributed by atoms with Crippen LogP contribution in [0.1, 0.15) is 19.0 Å². The van der Waals surface area contributed by atoms with Crippen molar-refractivity contribution in [2.24, 2.45) is 5.41 Å². The maximum Gasteiger partial charge on any atom is 0.235 e. The van der Waals surface area contributed by atoms with E-state index in [0.717, 1.165) is 0 Å². The second kappa shape index (κ2) is 11.4. The molecule has 42 heavy (non-hydrogen) atoms. The Bertz CT molecular complexity index is 1690. The summed E-state index contributed by atoms with van der Waals surface area (Å²) in [6.07, 6.45) is 3.86. The molecule has 0 radical (unpaired) electrons. The number of hydrogen-bond donors (Lipinski definition) is 3. The van der Waals surface area contributed by atoms with E-state index in [1.54, 1.807) is 68.0 Å². The van der Waals surface area contributed by atoms with Gasteiger partial charge in [0.1, 0.15) is 11.6 Å². The zero-order valence-corrected chi connectivity index (χ0v) is 22.3. The Labute approximate surface area is 239 Å². The summed E-state index contributed by atoms with van der Waals surface area (Å²) in [6.45, 7) is 1.90. The fraction of sp³-hybridized carbons (Fsp3) is 0.167. The molecule has 1 aliphatic heterocycles. The van der Waals surface area contributed by atoms with Gasteiger partial charge in [0.15, 0.2) is 5.82 Å². The van der Waals surface area contributed by atoms with Crippen molar-refractivity contribution in [3.8, 4) is 22.6 Å². The summed E-state index contributed by atoms with van der Waals surface area (Å²) < 4.78 is 39.0. The number of nitrogens with one attached hydrogen (secondary N) is 3. The Kier molecular flexibility index (Phi) is 7.38. The Balaban J connectivity index is 1.26. The number of aromatic amines is 1. The number of hydrogen-bond acceptors (Lipinski definition) is 8. The van der Waals surface area contributed by atoms with Gasteiger partial charge in [-0.15, -0.1) is 0 Å². The van der Waals surface area contributed by atoms with Crippen LogP contribution in [-0.4, -0.2) is 44.0 Å². The second-order valence-corrected chi connectivity index (χ2v) is 9.96. The lowest BCUT2D eigenvalue weighted by Crippen LogP contribution is -2.45. The van der Waals surface area contributed by atoms with Gasteiger partial charge < -0.3 is 25.1 Å². The highest BCUT2D eigenvalue weighted by molar-refractivity contribution is 5.95. The molecule has 212 valence electrons. The number of ether oxygens (including phenoxy) is 2. The number of rotatable bonds is 7. The van der Waals surface area contributed by atoms with Crippen molar-refractivity contribution in [1.29, 1.82) is 0 Å². The predicted molar refractivity (Wildman–Crippen MR) is 150 cm³/mol. The molecular formula is C30H25F2N7O3. The van der Waals surface area contributed by atoms with Crippen molar-refractivity contribution in [3.05, 3.63) is 103 Å². The van der Waals surface area contributed by atoms with Gasteiger partial charge in [0.25, 0.3) is 0 Å². The van der Waals surface area contributed by atoms with Gasteiger partial charge in [-0.3, -0.25) is 9.78 Å². The first kappa shape index (κ1) is 27.1. The van der Waals surface area contributed by atoms with Gasteiger partial charge in [0.05, 0.1) is 47.6 Å². The van der Waals surface area contributed by atoms with Crippen LogP contribution in [0.3, 0.4) is 0 Å². The average Bonchev–Trinajstić information content (AvgIpc) is 3.45. The van der Waals surface area contributed by atoms with Gasteiger partial charge >= 0.3 is 0 Å². The van der Waals surface area contributed by atoms with Crippen LogP contribution in [0, 0.1) is 17.0 Å². The number of anilines is 3. The van der Waals surface area contributed by atoms with Gasteiger partial charge in [0.2, 0.25) is 18.1 Å². The molecule has 3 aromatic heterocycles. The number of carbonyl (C=O) groups excluding carboxylic acids is 1. The molecule has 0 spiro atoms. The third kappa shape index (κ3) is 5.85. The van der Waals surface area contributed by atoms with Crippen LogP contribution < -0.4 is 10.6 Å². The van der Waals surface area contributed by atoms with Crippen molar-refractivity contribution in [2.45, 2.75) is 13.2 Å². The summed E-state index contributed by atoms with van der Waals surface area (Å²) in [5.41, 5.74) is 2.37. The molecular weight excluding hydrogens is 544 g/mol. The Morgan fingerprint density at radius 2 is 1.64 bits per heavy atom. The summed E-state index contributed by atoms with van der Waals surface area (Å²) in [6, 6.07) is 16.9. The summed E-state index contributed by atoms with van der Waals surface area (Å²) in [4.78, 5) is 33.8.